The first kappa shape index (κ1) is 14.3. The summed E-state index contributed by atoms with van der Waals surface area (Å²) in [6.45, 7) is 6.14. The van der Waals surface area contributed by atoms with Crippen molar-refractivity contribution in [3.05, 3.63) is 66.2 Å². The van der Waals surface area contributed by atoms with E-state index >= 15 is 0 Å². The van der Waals surface area contributed by atoms with Gasteiger partial charge in [-0.1, -0.05) is 0 Å². The van der Waals surface area contributed by atoms with Crippen LogP contribution in [0.1, 0.15) is 25.5 Å². The Labute approximate surface area is 132 Å². The SMILES string of the molecule is CC1(C)CO[PH]2(c3ccccc3)O[C@@H](c3ccccc3)CN12. The van der Waals surface area contributed by atoms with Gasteiger partial charge in [-0.25, -0.2) is 0 Å². The first-order chi connectivity index (χ1) is 10.6. The average molecular weight is 315 g/mol. The zero-order valence-corrected chi connectivity index (χ0v) is 14.0. The second-order valence-electron chi connectivity index (χ2n) is 6.68. The van der Waals surface area contributed by atoms with Gasteiger partial charge in [0.1, 0.15) is 0 Å². The predicted octanol–water partition coefficient (Wildman–Crippen LogP) is 3.69. The standard InChI is InChI=1S/C18H22NO2P/c1-18(2)14-20-22(16-11-7-4-8-12-16)19(18)13-17(21-22)15-9-5-3-6-10-15/h3-12,17,22H,13-14H2,1-2H3/t17-/m1/s1. The molecule has 2 aromatic carbocycles. The number of hydrogen-bond donors (Lipinski definition) is 0. The molecule has 0 saturated carbocycles. The fraction of sp³-hybridized carbons (Fsp3) is 0.333. The average Bonchev–Trinajstić information content (AvgIpc) is 3.07. The fourth-order valence-electron chi connectivity index (χ4n) is 3.49. The third kappa shape index (κ3) is 2.12. The van der Waals surface area contributed by atoms with E-state index in [4.69, 9.17) is 9.05 Å². The summed E-state index contributed by atoms with van der Waals surface area (Å²) >= 11 is 0. The van der Waals surface area contributed by atoms with Crippen molar-refractivity contribution in [2.45, 2.75) is 25.5 Å². The topological polar surface area (TPSA) is 21.7 Å². The first-order valence-corrected chi connectivity index (χ1v) is 9.58. The van der Waals surface area contributed by atoms with Gasteiger partial charge in [0.15, 0.2) is 0 Å². The maximum absolute atomic E-state index is 6.62. The number of nitrogens with zero attached hydrogens (tertiary/aromatic N) is 1. The fourth-order valence-corrected chi connectivity index (χ4v) is 7.48. The molecule has 2 saturated heterocycles. The molecule has 2 aromatic rings. The van der Waals surface area contributed by atoms with E-state index in [9.17, 15) is 0 Å². The van der Waals surface area contributed by atoms with E-state index in [0.29, 0.717) is 0 Å². The minimum atomic E-state index is -2.52. The summed E-state index contributed by atoms with van der Waals surface area (Å²) in [5.74, 6) is 0. The van der Waals surface area contributed by atoms with Crippen LogP contribution in [0.3, 0.4) is 0 Å². The zero-order valence-electron chi connectivity index (χ0n) is 13.0. The predicted molar refractivity (Wildman–Crippen MR) is 91.4 cm³/mol. The van der Waals surface area contributed by atoms with E-state index in [0.717, 1.165) is 13.2 Å². The summed E-state index contributed by atoms with van der Waals surface area (Å²) < 4.78 is 15.5. The van der Waals surface area contributed by atoms with Gasteiger partial charge in [-0.2, -0.15) is 0 Å². The molecule has 0 radical (unpaired) electrons. The molecule has 4 rings (SSSR count). The first-order valence-electron chi connectivity index (χ1n) is 7.82. The third-order valence-corrected chi connectivity index (χ3v) is 8.37. The van der Waals surface area contributed by atoms with Gasteiger partial charge < -0.3 is 0 Å². The van der Waals surface area contributed by atoms with Crippen molar-refractivity contribution in [3.8, 4) is 0 Å². The minimum absolute atomic E-state index is 0.0194. The number of rotatable bonds is 2. The second kappa shape index (κ2) is 5.14. The third-order valence-electron chi connectivity index (χ3n) is 4.67. The molecule has 3 nitrogen and oxygen atoms in total. The summed E-state index contributed by atoms with van der Waals surface area (Å²) in [7, 11) is -2.52. The Morgan fingerprint density at radius 1 is 1.00 bits per heavy atom. The molecule has 2 fully saturated rings. The van der Waals surface area contributed by atoms with Crippen molar-refractivity contribution in [1.29, 1.82) is 0 Å². The molecule has 4 heteroatoms. The van der Waals surface area contributed by atoms with E-state index in [2.05, 4.69) is 67.0 Å². The van der Waals surface area contributed by atoms with Crippen LogP contribution >= 0.6 is 7.87 Å². The van der Waals surface area contributed by atoms with Crippen molar-refractivity contribution in [1.82, 2.24) is 4.67 Å². The molecule has 0 bridgehead atoms. The molecule has 0 aromatic heterocycles. The second-order valence-corrected chi connectivity index (χ2v) is 9.48. The van der Waals surface area contributed by atoms with Crippen LogP contribution < -0.4 is 5.30 Å². The summed E-state index contributed by atoms with van der Waals surface area (Å²) in [4.78, 5) is 0. The van der Waals surface area contributed by atoms with Gasteiger partial charge in [0.25, 0.3) is 0 Å². The quantitative estimate of drug-likeness (QED) is 0.789. The Balaban J connectivity index is 1.76. The maximum atomic E-state index is 6.62. The number of benzene rings is 2. The zero-order chi connectivity index (χ0) is 15.2. The Kier molecular flexibility index (Phi) is 3.35. The van der Waals surface area contributed by atoms with Gasteiger partial charge in [-0.05, 0) is 0 Å². The Morgan fingerprint density at radius 2 is 1.64 bits per heavy atom. The van der Waals surface area contributed by atoms with Gasteiger partial charge in [-0.15, -0.1) is 0 Å². The molecule has 116 valence electrons. The van der Waals surface area contributed by atoms with E-state index in [-0.39, 0.29) is 11.6 Å². The Morgan fingerprint density at radius 3 is 2.32 bits per heavy atom. The summed E-state index contributed by atoms with van der Waals surface area (Å²) in [5, 5.41) is 1.21. The van der Waals surface area contributed by atoms with Crippen LogP contribution in [0, 0.1) is 0 Å². The molecular weight excluding hydrogens is 293 g/mol. The molecule has 0 N–H and O–H groups in total. The van der Waals surface area contributed by atoms with Crippen LogP contribution in [0.25, 0.3) is 0 Å². The van der Waals surface area contributed by atoms with Gasteiger partial charge in [0, 0.05) is 0 Å². The molecule has 2 aliphatic heterocycles. The normalized spacial score (nSPS) is 27.5. The van der Waals surface area contributed by atoms with E-state index in [1.165, 1.54) is 10.9 Å². The molecule has 0 aliphatic carbocycles. The van der Waals surface area contributed by atoms with Crippen LogP contribution in [-0.2, 0) is 9.05 Å². The molecular formula is C18H22NO2P. The van der Waals surface area contributed by atoms with Crippen molar-refractivity contribution >= 4 is 13.2 Å². The summed E-state index contributed by atoms with van der Waals surface area (Å²) in [5.41, 5.74) is 1.25. The van der Waals surface area contributed by atoms with Gasteiger partial charge in [0.05, 0.1) is 0 Å². The van der Waals surface area contributed by atoms with Crippen LogP contribution in [0.5, 0.6) is 0 Å². The molecule has 2 heterocycles. The summed E-state index contributed by atoms with van der Waals surface area (Å²) in [6.07, 6.45) is 0.0904. The van der Waals surface area contributed by atoms with Gasteiger partial charge in [0.2, 0.25) is 0 Å². The number of hydrogen-bond acceptors (Lipinski definition) is 3. The van der Waals surface area contributed by atoms with E-state index < -0.39 is 7.87 Å². The van der Waals surface area contributed by atoms with E-state index in [1.807, 2.05) is 12.1 Å². The monoisotopic (exact) mass is 315 g/mol. The molecule has 22 heavy (non-hydrogen) atoms. The van der Waals surface area contributed by atoms with Crippen LogP contribution in [0.2, 0.25) is 0 Å². The molecule has 1 atom stereocenters. The number of fused-ring (bicyclic) bond motifs is 1. The van der Waals surface area contributed by atoms with Crippen molar-refractivity contribution in [2.24, 2.45) is 0 Å². The van der Waals surface area contributed by atoms with Crippen molar-refractivity contribution in [2.75, 3.05) is 13.2 Å². The van der Waals surface area contributed by atoms with Crippen LogP contribution in [-0.4, -0.2) is 23.4 Å². The van der Waals surface area contributed by atoms with Crippen LogP contribution in [0.15, 0.2) is 60.7 Å². The molecule has 0 spiro atoms. The van der Waals surface area contributed by atoms with Gasteiger partial charge in [-0.3, -0.25) is 0 Å². The van der Waals surface area contributed by atoms with Gasteiger partial charge >= 0.3 is 132 Å². The Bertz CT molecular complexity index is 661. The van der Waals surface area contributed by atoms with E-state index in [1.54, 1.807) is 0 Å². The molecule has 0 amide bonds. The van der Waals surface area contributed by atoms with Crippen LogP contribution in [0.4, 0.5) is 0 Å². The molecule has 2 aliphatic rings. The van der Waals surface area contributed by atoms with Crippen molar-refractivity contribution in [3.63, 3.8) is 0 Å². The molecule has 0 unspecified atom stereocenters. The van der Waals surface area contributed by atoms with Crippen molar-refractivity contribution < 1.29 is 9.05 Å². The summed E-state index contributed by atoms with van der Waals surface area (Å²) in [6, 6.07) is 21.0. The Hall–Kier alpha value is -1.25.